The van der Waals surface area contributed by atoms with Crippen molar-refractivity contribution in [3.05, 3.63) is 111 Å². The molecule has 1 atom stereocenters. The highest BCUT2D eigenvalue weighted by Gasteiger charge is 2.24. The summed E-state index contributed by atoms with van der Waals surface area (Å²) in [5, 5.41) is 3.31. The van der Waals surface area contributed by atoms with Crippen molar-refractivity contribution < 1.29 is 4.79 Å². The molecule has 0 fully saturated rings. The number of nitrogens with zero attached hydrogens (tertiary/aromatic N) is 3. The molecule has 2 heterocycles. The Morgan fingerprint density at radius 1 is 1.03 bits per heavy atom. The highest BCUT2D eigenvalue weighted by atomic mass is 16.2. The number of pyridine rings is 1. The van der Waals surface area contributed by atoms with E-state index >= 15 is 0 Å². The minimum atomic E-state index is -0.769. The summed E-state index contributed by atoms with van der Waals surface area (Å²) in [6, 6.07) is 19.4. The third kappa shape index (κ3) is 4.62. The van der Waals surface area contributed by atoms with Crippen molar-refractivity contribution in [3.8, 4) is 0 Å². The Morgan fingerprint density at radius 2 is 1.79 bits per heavy atom. The molecular weight excluding hydrogens is 416 g/mol. The predicted molar refractivity (Wildman–Crippen MR) is 128 cm³/mol. The molecule has 1 amide bonds. The average Bonchev–Trinajstić information content (AvgIpc) is 2.84. The van der Waals surface area contributed by atoms with E-state index in [1.165, 1.54) is 9.13 Å². The number of aryl methyl sites for hydroxylation is 1. The molecule has 0 aliphatic rings. The van der Waals surface area contributed by atoms with Crippen LogP contribution >= 0.6 is 0 Å². The average molecular weight is 443 g/mol. The SMILES string of the molecule is CC[C@@H](C(=O)NCc1ccccn1)n1c(=O)n(Cc2ccccc2)c(=O)c2cc(C)ccc21. The van der Waals surface area contributed by atoms with E-state index in [0.717, 1.165) is 16.8 Å². The van der Waals surface area contributed by atoms with E-state index < -0.39 is 11.7 Å². The van der Waals surface area contributed by atoms with E-state index in [4.69, 9.17) is 0 Å². The molecule has 7 nitrogen and oxygen atoms in total. The van der Waals surface area contributed by atoms with Crippen LogP contribution < -0.4 is 16.6 Å². The summed E-state index contributed by atoms with van der Waals surface area (Å²) in [6.07, 6.45) is 2.05. The number of carbonyl (C=O) groups is 1. The zero-order chi connectivity index (χ0) is 23.4. The molecule has 33 heavy (non-hydrogen) atoms. The van der Waals surface area contributed by atoms with Gasteiger partial charge in [0.15, 0.2) is 0 Å². The summed E-state index contributed by atoms with van der Waals surface area (Å²) < 4.78 is 2.67. The molecule has 0 bridgehead atoms. The molecule has 0 saturated carbocycles. The molecular formula is C26H26N4O3. The van der Waals surface area contributed by atoms with Gasteiger partial charge in [-0.3, -0.25) is 23.7 Å². The lowest BCUT2D eigenvalue weighted by atomic mass is 10.1. The van der Waals surface area contributed by atoms with Gasteiger partial charge in [-0.05, 0) is 43.2 Å². The van der Waals surface area contributed by atoms with Crippen LogP contribution in [-0.4, -0.2) is 20.0 Å². The van der Waals surface area contributed by atoms with Gasteiger partial charge in [0.25, 0.3) is 5.56 Å². The maximum atomic E-state index is 13.6. The number of rotatable bonds is 7. The van der Waals surface area contributed by atoms with Gasteiger partial charge in [0.05, 0.1) is 29.7 Å². The van der Waals surface area contributed by atoms with Crippen molar-refractivity contribution in [2.24, 2.45) is 0 Å². The molecule has 7 heteroatoms. The number of benzene rings is 2. The number of amides is 1. The number of hydrogen-bond donors (Lipinski definition) is 1. The van der Waals surface area contributed by atoms with E-state index in [9.17, 15) is 14.4 Å². The first-order chi connectivity index (χ1) is 16.0. The van der Waals surface area contributed by atoms with Gasteiger partial charge in [-0.1, -0.05) is 55.0 Å². The fraction of sp³-hybridized carbons (Fsp3) is 0.231. The number of hydrogen-bond acceptors (Lipinski definition) is 4. The fourth-order valence-electron chi connectivity index (χ4n) is 3.99. The summed E-state index contributed by atoms with van der Waals surface area (Å²) in [4.78, 5) is 44.3. The first-order valence-corrected chi connectivity index (χ1v) is 11.0. The lowest BCUT2D eigenvalue weighted by molar-refractivity contribution is -0.124. The van der Waals surface area contributed by atoms with Gasteiger partial charge >= 0.3 is 5.69 Å². The second-order valence-corrected chi connectivity index (χ2v) is 8.01. The minimum Gasteiger partial charge on any atom is -0.349 e. The summed E-state index contributed by atoms with van der Waals surface area (Å²) in [7, 11) is 0. The van der Waals surface area contributed by atoms with Gasteiger partial charge in [-0.15, -0.1) is 0 Å². The molecule has 0 unspecified atom stereocenters. The van der Waals surface area contributed by atoms with Crippen molar-refractivity contribution in [2.45, 2.75) is 39.4 Å². The highest BCUT2D eigenvalue weighted by Crippen LogP contribution is 2.18. The molecule has 2 aromatic carbocycles. The Balaban J connectivity index is 1.81. The molecule has 168 valence electrons. The van der Waals surface area contributed by atoms with E-state index in [1.807, 2.05) is 68.4 Å². The quantitative estimate of drug-likeness (QED) is 0.476. The van der Waals surface area contributed by atoms with Crippen molar-refractivity contribution in [3.63, 3.8) is 0 Å². The largest absolute Gasteiger partial charge is 0.349 e. The van der Waals surface area contributed by atoms with E-state index in [-0.39, 0.29) is 24.6 Å². The molecule has 4 aromatic rings. The van der Waals surface area contributed by atoms with Gasteiger partial charge in [0, 0.05) is 6.20 Å². The second kappa shape index (κ2) is 9.65. The van der Waals surface area contributed by atoms with Gasteiger partial charge in [-0.25, -0.2) is 4.79 Å². The summed E-state index contributed by atoms with van der Waals surface area (Å²) in [6.45, 7) is 4.14. The molecule has 0 saturated heterocycles. The van der Waals surface area contributed by atoms with Crippen molar-refractivity contribution >= 4 is 16.8 Å². The Kier molecular flexibility index (Phi) is 6.49. The zero-order valence-corrected chi connectivity index (χ0v) is 18.7. The Labute approximate surface area is 191 Å². The second-order valence-electron chi connectivity index (χ2n) is 8.01. The first kappa shape index (κ1) is 22.2. The monoisotopic (exact) mass is 442 g/mol. The lowest BCUT2D eigenvalue weighted by Gasteiger charge is -2.22. The van der Waals surface area contributed by atoms with Gasteiger partial charge in [0.2, 0.25) is 5.91 Å². The molecule has 1 N–H and O–H groups in total. The van der Waals surface area contributed by atoms with Crippen LogP contribution in [0.25, 0.3) is 10.9 Å². The van der Waals surface area contributed by atoms with Crippen LogP contribution in [0.2, 0.25) is 0 Å². The first-order valence-electron chi connectivity index (χ1n) is 11.0. The Morgan fingerprint density at radius 3 is 2.48 bits per heavy atom. The fourth-order valence-corrected chi connectivity index (χ4v) is 3.99. The smallest absolute Gasteiger partial charge is 0.332 e. The predicted octanol–water partition coefficient (Wildman–Crippen LogP) is 3.18. The molecule has 0 radical (unpaired) electrons. The van der Waals surface area contributed by atoms with E-state index in [2.05, 4.69) is 10.3 Å². The molecule has 0 spiro atoms. The minimum absolute atomic E-state index is 0.133. The summed E-state index contributed by atoms with van der Waals surface area (Å²) in [5.74, 6) is -0.294. The maximum Gasteiger partial charge on any atom is 0.332 e. The van der Waals surface area contributed by atoms with Crippen molar-refractivity contribution in [1.82, 2.24) is 19.4 Å². The van der Waals surface area contributed by atoms with E-state index in [1.54, 1.807) is 18.3 Å². The summed E-state index contributed by atoms with van der Waals surface area (Å²) >= 11 is 0. The maximum absolute atomic E-state index is 13.6. The Bertz CT molecular complexity index is 1390. The third-order valence-corrected chi connectivity index (χ3v) is 5.68. The highest BCUT2D eigenvalue weighted by molar-refractivity contribution is 5.84. The topological polar surface area (TPSA) is 86.0 Å². The summed E-state index contributed by atoms with van der Waals surface area (Å²) in [5.41, 5.74) is 2.07. The Hall–Kier alpha value is -4.00. The number of fused-ring (bicyclic) bond motifs is 1. The number of carbonyl (C=O) groups excluding carboxylic acids is 1. The lowest BCUT2D eigenvalue weighted by Crippen LogP contribution is -2.45. The normalized spacial score (nSPS) is 11.9. The van der Waals surface area contributed by atoms with Gasteiger partial charge in [-0.2, -0.15) is 0 Å². The van der Waals surface area contributed by atoms with Crippen molar-refractivity contribution in [2.75, 3.05) is 0 Å². The molecule has 2 aromatic heterocycles. The van der Waals surface area contributed by atoms with Gasteiger partial charge in [0.1, 0.15) is 6.04 Å². The van der Waals surface area contributed by atoms with Crippen LogP contribution in [0.15, 0.2) is 82.5 Å². The standard InChI is InChI=1S/C26H26N4O3/c1-3-22(24(31)28-16-20-11-7-8-14-27-20)30-23-13-12-18(2)15-21(23)25(32)29(26(30)33)17-19-9-5-4-6-10-19/h4-15,22H,3,16-17H2,1-2H3,(H,28,31)/t22-/m0/s1. The molecule has 0 aliphatic carbocycles. The molecule has 4 rings (SSSR count). The van der Waals surface area contributed by atoms with Crippen LogP contribution in [0.3, 0.4) is 0 Å². The zero-order valence-electron chi connectivity index (χ0n) is 18.7. The third-order valence-electron chi connectivity index (χ3n) is 5.68. The van der Waals surface area contributed by atoms with Crippen LogP contribution in [0.5, 0.6) is 0 Å². The van der Waals surface area contributed by atoms with E-state index in [0.29, 0.717) is 17.3 Å². The van der Waals surface area contributed by atoms with Crippen LogP contribution in [0.1, 0.15) is 36.2 Å². The van der Waals surface area contributed by atoms with Crippen LogP contribution in [0.4, 0.5) is 0 Å². The number of aromatic nitrogens is 3. The van der Waals surface area contributed by atoms with Crippen molar-refractivity contribution in [1.29, 1.82) is 0 Å². The van der Waals surface area contributed by atoms with Gasteiger partial charge < -0.3 is 5.32 Å². The van der Waals surface area contributed by atoms with Crippen LogP contribution in [0, 0.1) is 6.92 Å². The molecule has 0 aliphatic heterocycles. The number of nitrogens with one attached hydrogen (secondary N) is 1. The van der Waals surface area contributed by atoms with Crippen LogP contribution in [-0.2, 0) is 17.9 Å².